The van der Waals surface area contributed by atoms with Crippen molar-refractivity contribution in [3.63, 3.8) is 0 Å². The highest BCUT2D eigenvalue weighted by molar-refractivity contribution is 7.91. The third-order valence-electron chi connectivity index (χ3n) is 6.41. The van der Waals surface area contributed by atoms with E-state index in [1.807, 2.05) is 0 Å². The summed E-state index contributed by atoms with van der Waals surface area (Å²) in [7, 11) is -3.09. The molecule has 0 radical (unpaired) electrons. The van der Waals surface area contributed by atoms with E-state index < -0.39 is 27.7 Å². The van der Waals surface area contributed by atoms with E-state index in [9.17, 15) is 22.8 Å². The maximum absolute atomic E-state index is 13.0. The smallest absolute Gasteiger partial charge is 0.255 e. The minimum absolute atomic E-state index is 0.0162. The second kappa shape index (κ2) is 8.40. The molecule has 1 atom stereocenters. The first kappa shape index (κ1) is 21.8. The van der Waals surface area contributed by atoms with Gasteiger partial charge < -0.3 is 20.5 Å². The molecule has 3 fully saturated rings. The summed E-state index contributed by atoms with van der Waals surface area (Å²) in [5.74, 6) is -0.889. The van der Waals surface area contributed by atoms with Gasteiger partial charge in [0, 0.05) is 25.2 Å². The number of carbonyl (C=O) groups is 3. The number of nitrogens with zero attached hydrogens (tertiary/aromatic N) is 3. The number of hydrogen-bond donors (Lipinski definition) is 3. The number of sulfone groups is 1. The van der Waals surface area contributed by atoms with Crippen molar-refractivity contribution < 1.29 is 22.8 Å². The second-order valence-corrected chi connectivity index (χ2v) is 11.3. The third-order valence-corrected chi connectivity index (χ3v) is 8.02. The Morgan fingerprint density at radius 2 is 1.88 bits per heavy atom. The SMILES string of the molecule is O=C(N[C@@H](C(=O)NCC(=O)N1CCS(=O)(=O)CC1)C1CC1)c1c[nH]c2ncc(C3CC3)nc12. The van der Waals surface area contributed by atoms with Crippen LogP contribution in [0, 0.1) is 5.92 Å². The average Bonchev–Trinajstić information content (AvgIpc) is 3.72. The van der Waals surface area contributed by atoms with Gasteiger partial charge in [0.2, 0.25) is 11.8 Å². The lowest BCUT2D eigenvalue weighted by molar-refractivity contribution is -0.133. The molecule has 0 bridgehead atoms. The van der Waals surface area contributed by atoms with E-state index in [1.54, 1.807) is 12.4 Å². The van der Waals surface area contributed by atoms with Gasteiger partial charge in [0.1, 0.15) is 11.6 Å². The van der Waals surface area contributed by atoms with Gasteiger partial charge in [-0.05, 0) is 31.6 Å². The number of rotatable bonds is 7. The van der Waals surface area contributed by atoms with Crippen molar-refractivity contribution in [2.45, 2.75) is 37.6 Å². The first-order valence-corrected chi connectivity index (χ1v) is 13.0. The van der Waals surface area contributed by atoms with Crippen LogP contribution < -0.4 is 10.6 Å². The van der Waals surface area contributed by atoms with Gasteiger partial charge in [0.25, 0.3) is 5.91 Å². The summed E-state index contributed by atoms with van der Waals surface area (Å²) in [5, 5.41) is 5.42. The molecule has 3 N–H and O–H groups in total. The van der Waals surface area contributed by atoms with Gasteiger partial charge in [0.05, 0.1) is 35.5 Å². The molecule has 2 aliphatic carbocycles. The molecule has 2 aromatic rings. The van der Waals surface area contributed by atoms with Crippen LogP contribution in [0.2, 0.25) is 0 Å². The van der Waals surface area contributed by atoms with Gasteiger partial charge in [0.15, 0.2) is 15.5 Å². The lowest BCUT2D eigenvalue weighted by Crippen LogP contribution is -2.52. The highest BCUT2D eigenvalue weighted by Gasteiger charge is 2.38. The molecular weight excluding hydrogens is 448 g/mol. The fourth-order valence-electron chi connectivity index (χ4n) is 4.05. The summed E-state index contributed by atoms with van der Waals surface area (Å²) < 4.78 is 23.1. The van der Waals surface area contributed by atoms with E-state index >= 15 is 0 Å². The molecule has 0 spiro atoms. The molecule has 0 aromatic carbocycles. The molecule has 12 heteroatoms. The Hall–Kier alpha value is -3.02. The lowest BCUT2D eigenvalue weighted by Gasteiger charge is -2.27. The minimum atomic E-state index is -3.09. The number of H-pyrrole nitrogens is 1. The van der Waals surface area contributed by atoms with Gasteiger partial charge in [-0.1, -0.05) is 0 Å². The molecule has 3 amide bonds. The molecule has 3 heterocycles. The van der Waals surface area contributed by atoms with Crippen LogP contribution in [0.25, 0.3) is 11.2 Å². The highest BCUT2D eigenvalue weighted by atomic mass is 32.2. The van der Waals surface area contributed by atoms with E-state index in [1.165, 1.54) is 4.90 Å². The zero-order valence-corrected chi connectivity index (χ0v) is 18.9. The van der Waals surface area contributed by atoms with Crippen molar-refractivity contribution in [1.82, 2.24) is 30.5 Å². The van der Waals surface area contributed by atoms with Crippen molar-refractivity contribution in [3.05, 3.63) is 23.7 Å². The number of hydrogen-bond acceptors (Lipinski definition) is 7. The maximum atomic E-state index is 13.0. The first-order valence-electron chi connectivity index (χ1n) is 11.2. The third kappa shape index (κ3) is 4.85. The van der Waals surface area contributed by atoms with Crippen LogP contribution in [0.1, 0.15) is 47.7 Å². The van der Waals surface area contributed by atoms with Crippen LogP contribution in [0.4, 0.5) is 0 Å². The molecular formula is C21H26N6O5S. The number of nitrogens with one attached hydrogen (secondary N) is 3. The van der Waals surface area contributed by atoms with Gasteiger partial charge in [-0.25, -0.2) is 18.4 Å². The van der Waals surface area contributed by atoms with Gasteiger partial charge >= 0.3 is 0 Å². The van der Waals surface area contributed by atoms with Gasteiger partial charge in [-0.2, -0.15) is 0 Å². The Kier molecular flexibility index (Phi) is 5.55. The first-order chi connectivity index (χ1) is 15.8. The quantitative estimate of drug-likeness (QED) is 0.498. The second-order valence-electron chi connectivity index (χ2n) is 9.01. The Bertz CT molecular complexity index is 1200. The number of aromatic nitrogens is 3. The average molecular weight is 475 g/mol. The fraction of sp³-hybridized carbons (Fsp3) is 0.571. The Morgan fingerprint density at radius 3 is 2.55 bits per heavy atom. The molecule has 1 saturated heterocycles. The van der Waals surface area contributed by atoms with Crippen LogP contribution in [0.3, 0.4) is 0 Å². The molecule has 2 saturated carbocycles. The molecule has 0 unspecified atom stereocenters. The summed E-state index contributed by atoms with van der Waals surface area (Å²) in [6.07, 6.45) is 7.05. The summed E-state index contributed by atoms with van der Waals surface area (Å²) in [6, 6.07) is -0.753. The minimum Gasteiger partial charge on any atom is -0.345 e. The van der Waals surface area contributed by atoms with E-state index in [2.05, 4.69) is 25.6 Å². The van der Waals surface area contributed by atoms with Crippen molar-refractivity contribution in [3.8, 4) is 0 Å². The van der Waals surface area contributed by atoms with Crippen LogP contribution in [-0.4, -0.2) is 83.2 Å². The molecule has 1 aliphatic heterocycles. The summed E-state index contributed by atoms with van der Waals surface area (Å²) in [4.78, 5) is 51.5. The van der Waals surface area contributed by atoms with Crippen LogP contribution in [0.15, 0.2) is 12.4 Å². The Morgan fingerprint density at radius 1 is 1.15 bits per heavy atom. The summed E-state index contributed by atoms with van der Waals surface area (Å²) in [5.41, 5.74) is 2.22. The van der Waals surface area contributed by atoms with Crippen LogP contribution in [0.5, 0.6) is 0 Å². The zero-order chi connectivity index (χ0) is 23.2. The normalized spacial score (nSPS) is 20.9. The van der Waals surface area contributed by atoms with E-state index in [-0.39, 0.29) is 43.0 Å². The molecule has 2 aromatic heterocycles. The molecule has 3 aliphatic rings. The van der Waals surface area contributed by atoms with Crippen LogP contribution in [-0.2, 0) is 19.4 Å². The fourth-order valence-corrected chi connectivity index (χ4v) is 5.25. The van der Waals surface area contributed by atoms with E-state index in [0.717, 1.165) is 31.4 Å². The predicted octanol–water partition coefficient (Wildman–Crippen LogP) is -0.283. The number of aromatic amines is 1. The van der Waals surface area contributed by atoms with Crippen molar-refractivity contribution in [2.24, 2.45) is 5.92 Å². The van der Waals surface area contributed by atoms with E-state index in [4.69, 9.17) is 0 Å². The highest BCUT2D eigenvalue weighted by Crippen LogP contribution is 2.39. The van der Waals surface area contributed by atoms with Gasteiger partial charge in [-0.15, -0.1) is 0 Å². The number of amides is 3. The molecule has 5 rings (SSSR count). The van der Waals surface area contributed by atoms with Gasteiger partial charge in [-0.3, -0.25) is 14.4 Å². The van der Waals surface area contributed by atoms with Crippen molar-refractivity contribution in [2.75, 3.05) is 31.1 Å². The summed E-state index contributed by atoms with van der Waals surface area (Å²) >= 11 is 0. The number of fused-ring (bicyclic) bond motifs is 1. The predicted molar refractivity (Wildman–Crippen MR) is 118 cm³/mol. The Balaban J connectivity index is 1.22. The Labute approximate surface area is 190 Å². The zero-order valence-electron chi connectivity index (χ0n) is 18.0. The summed E-state index contributed by atoms with van der Waals surface area (Å²) in [6.45, 7) is 0.0236. The van der Waals surface area contributed by atoms with Crippen LogP contribution >= 0.6 is 0 Å². The van der Waals surface area contributed by atoms with Crippen molar-refractivity contribution >= 4 is 38.7 Å². The number of carbonyl (C=O) groups excluding carboxylic acids is 3. The largest absolute Gasteiger partial charge is 0.345 e. The maximum Gasteiger partial charge on any atom is 0.255 e. The molecule has 176 valence electrons. The lowest BCUT2D eigenvalue weighted by atomic mass is 10.1. The van der Waals surface area contributed by atoms with Crippen molar-refractivity contribution in [1.29, 1.82) is 0 Å². The van der Waals surface area contributed by atoms with E-state index in [0.29, 0.717) is 22.6 Å². The topological polar surface area (TPSA) is 154 Å². The monoisotopic (exact) mass is 474 g/mol. The molecule has 11 nitrogen and oxygen atoms in total. The standard InChI is InChI=1S/C21H26N6O5S/c28-16(27-5-7-33(31,32)8-6-27)11-24-21(30)17(13-3-4-13)26-20(29)14-9-22-19-18(14)25-15(10-23-19)12-1-2-12/h9-10,12-13,17H,1-8,11H2,(H,22,23)(H,24,30)(H,26,29)/t17-/m1/s1. The molecule has 33 heavy (non-hydrogen) atoms.